The number of unbranched alkanes of at least 4 members (excludes halogenated alkanes) is 2. The molecule has 10 rings (SSSR count). The van der Waals surface area contributed by atoms with Crippen LogP contribution in [0.2, 0.25) is 0 Å². The van der Waals surface area contributed by atoms with E-state index in [4.69, 9.17) is 41.9 Å². The van der Waals surface area contributed by atoms with Crippen molar-refractivity contribution in [3.05, 3.63) is 211 Å². The number of ether oxygens (including phenoxy) is 4. The molecule has 384 valence electrons. The second-order valence-corrected chi connectivity index (χ2v) is 19.4. The third-order valence-electron chi connectivity index (χ3n) is 13.5. The Kier molecular flexibility index (Phi) is 14.8. The van der Waals surface area contributed by atoms with Gasteiger partial charge in [-0.1, -0.05) is 112 Å². The first-order chi connectivity index (χ1) is 36.6. The van der Waals surface area contributed by atoms with Gasteiger partial charge in [0.25, 0.3) is 0 Å². The molecule has 0 spiro atoms. The quantitative estimate of drug-likeness (QED) is 0.0750. The average molecular weight is 1010 g/mol. The molecule has 0 saturated carbocycles. The lowest BCUT2D eigenvalue weighted by atomic mass is 9.82. The number of aryl methyl sites for hydroxylation is 6. The zero-order valence-corrected chi connectivity index (χ0v) is 43.5. The normalized spacial score (nSPS) is 12.2. The Morgan fingerprint density at radius 3 is 0.842 bits per heavy atom. The molecule has 0 heterocycles. The molecule has 0 aliphatic heterocycles. The minimum atomic E-state index is -0.382. The van der Waals surface area contributed by atoms with Crippen LogP contribution in [0.15, 0.2) is 133 Å². The number of nitrogen functional groups attached to an aromatic ring is 4. The number of carbonyl (C=O) groups excluding carboxylic acids is 4. The molecule has 0 aromatic heterocycles. The standard InChI is InChI=1S/C34H34N2O4.C30H26N2O4/c1-3-5-9-21-13-17-23(18-14-21)39-33-29(35)27-28(32(38)26-12-8-7-11-25(26)31(27)37)30(36)34(33)40-24-19-15-22(16-20-24)10-6-4-2;1-15-9-16(2)12-19(11-15)35-29-25(31)23-24(28(34)22-8-6-5-7-21(22)27(23)33)26(32)30(29)36-20-13-17(3)10-18(4)14-20/h7-8,11-20H,3-6,9-10,35-36H2,1-2H3;5-14H,31-32H2,1-4H3. The Bertz CT molecular complexity index is 3340. The fraction of sp³-hybridized carbons (Fsp3) is 0.188. The molecule has 0 amide bonds. The first-order valence-corrected chi connectivity index (χ1v) is 25.5. The molecule has 8 aromatic rings. The molecule has 0 atom stereocenters. The van der Waals surface area contributed by atoms with Gasteiger partial charge in [-0.15, -0.1) is 0 Å². The Morgan fingerprint density at radius 2 is 0.592 bits per heavy atom. The van der Waals surface area contributed by atoms with Gasteiger partial charge in [-0.2, -0.15) is 0 Å². The summed E-state index contributed by atoms with van der Waals surface area (Å²) in [5, 5.41) is 0. The zero-order chi connectivity index (χ0) is 53.9. The van der Waals surface area contributed by atoms with Gasteiger partial charge in [0.1, 0.15) is 23.0 Å². The first kappa shape index (κ1) is 51.7. The predicted molar refractivity (Wildman–Crippen MR) is 299 cm³/mol. The lowest BCUT2D eigenvalue weighted by molar-refractivity contribution is 0.0980. The molecule has 12 nitrogen and oxygen atoms in total. The number of ketones is 4. The van der Waals surface area contributed by atoms with Crippen molar-refractivity contribution in [3.63, 3.8) is 0 Å². The van der Waals surface area contributed by atoms with E-state index < -0.39 is 0 Å². The van der Waals surface area contributed by atoms with Crippen LogP contribution in [0.3, 0.4) is 0 Å². The van der Waals surface area contributed by atoms with Gasteiger partial charge >= 0.3 is 0 Å². The third-order valence-corrected chi connectivity index (χ3v) is 13.5. The van der Waals surface area contributed by atoms with E-state index in [1.165, 1.54) is 11.1 Å². The van der Waals surface area contributed by atoms with Gasteiger partial charge in [-0.3, -0.25) is 19.2 Å². The van der Waals surface area contributed by atoms with E-state index in [1.54, 1.807) is 48.5 Å². The zero-order valence-electron chi connectivity index (χ0n) is 43.5. The van der Waals surface area contributed by atoms with E-state index in [0.29, 0.717) is 23.0 Å². The largest absolute Gasteiger partial charge is 0.451 e. The summed E-state index contributed by atoms with van der Waals surface area (Å²) in [6.07, 6.45) is 6.37. The lowest BCUT2D eigenvalue weighted by Gasteiger charge is -2.25. The summed E-state index contributed by atoms with van der Waals surface area (Å²) in [6, 6.07) is 40.2. The van der Waals surface area contributed by atoms with E-state index in [9.17, 15) is 19.2 Å². The fourth-order valence-electron chi connectivity index (χ4n) is 9.79. The fourth-order valence-corrected chi connectivity index (χ4v) is 9.79. The number of anilines is 4. The topological polar surface area (TPSA) is 209 Å². The van der Waals surface area contributed by atoms with Crippen molar-refractivity contribution in [1.29, 1.82) is 0 Å². The molecule has 8 N–H and O–H groups in total. The highest BCUT2D eigenvalue weighted by molar-refractivity contribution is 6.33. The number of rotatable bonds is 14. The van der Waals surface area contributed by atoms with Gasteiger partial charge in [0.2, 0.25) is 0 Å². The van der Waals surface area contributed by atoms with Crippen molar-refractivity contribution >= 4 is 45.9 Å². The summed E-state index contributed by atoms with van der Waals surface area (Å²) in [7, 11) is 0. The van der Waals surface area contributed by atoms with Crippen molar-refractivity contribution in [2.45, 2.75) is 80.1 Å². The van der Waals surface area contributed by atoms with E-state index in [1.807, 2.05) is 113 Å². The molecule has 0 saturated heterocycles. The maximum Gasteiger partial charge on any atom is 0.196 e. The highest BCUT2D eigenvalue weighted by Crippen LogP contribution is 2.52. The molecule has 0 bridgehead atoms. The first-order valence-electron chi connectivity index (χ1n) is 25.5. The number of nitrogens with two attached hydrogens (primary N) is 4. The highest BCUT2D eigenvalue weighted by Gasteiger charge is 2.39. The van der Waals surface area contributed by atoms with Crippen LogP contribution in [-0.2, 0) is 12.8 Å². The molecule has 0 radical (unpaired) electrons. The molecule has 2 aliphatic carbocycles. The number of carbonyl (C=O) groups is 4. The highest BCUT2D eigenvalue weighted by atomic mass is 16.5. The minimum Gasteiger partial charge on any atom is -0.451 e. The SMILES string of the molecule is CCCCc1ccc(Oc2c(N)c3c(c(N)c2Oc2ccc(CCCC)cc2)C(=O)c2ccccc2C3=O)cc1.Cc1cc(C)cc(Oc2c(N)c3c(c(N)c2Oc2cc(C)cc(C)c2)C(=O)c2ccccc2C3=O)c1. The van der Waals surface area contributed by atoms with Gasteiger partial charge in [-0.25, -0.2) is 0 Å². The van der Waals surface area contributed by atoms with Crippen molar-refractivity contribution in [1.82, 2.24) is 0 Å². The van der Waals surface area contributed by atoms with Gasteiger partial charge < -0.3 is 41.9 Å². The van der Waals surface area contributed by atoms with Crippen LogP contribution in [0.25, 0.3) is 0 Å². The Labute approximate surface area is 442 Å². The number of benzene rings is 8. The van der Waals surface area contributed by atoms with Crippen LogP contribution in [0.5, 0.6) is 46.0 Å². The summed E-state index contributed by atoms with van der Waals surface area (Å²) in [5.41, 5.74) is 34.1. The van der Waals surface area contributed by atoms with Crippen LogP contribution >= 0.6 is 0 Å². The van der Waals surface area contributed by atoms with Gasteiger partial charge in [0, 0.05) is 22.3 Å². The number of hydrogen-bond donors (Lipinski definition) is 4. The maximum atomic E-state index is 13.6. The van der Waals surface area contributed by atoms with Crippen molar-refractivity contribution in [3.8, 4) is 46.0 Å². The monoisotopic (exact) mass is 1010 g/mol. The Balaban J connectivity index is 0.000000187. The van der Waals surface area contributed by atoms with E-state index in [0.717, 1.165) is 60.8 Å². The van der Waals surface area contributed by atoms with Crippen LogP contribution in [0, 0.1) is 27.7 Å². The van der Waals surface area contributed by atoms with Crippen molar-refractivity contribution in [2.24, 2.45) is 0 Å². The second kappa shape index (κ2) is 21.7. The summed E-state index contributed by atoms with van der Waals surface area (Å²) in [6.45, 7) is 12.1. The molecule has 0 fully saturated rings. The maximum absolute atomic E-state index is 13.6. The van der Waals surface area contributed by atoms with Crippen molar-refractivity contribution < 1.29 is 38.1 Å². The van der Waals surface area contributed by atoms with Crippen LogP contribution in [0.4, 0.5) is 22.7 Å². The van der Waals surface area contributed by atoms with Crippen LogP contribution in [0.1, 0.15) is 137 Å². The summed E-state index contributed by atoms with van der Waals surface area (Å²) >= 11 is 0. The van der Waals surface area contributed by atoms with E-state index in [-0.39, 0.29) is 113 Å². The van der Waals surface area contributed by atoms with E-state index in [2.05, 4.69) is 13.8 Å². The lowest BCUT2D eigenvalue weighted by Crippen LogP contribution is -2.24. The van der Waals surface area contributed by atoms with Gasteiger partial charge in [-0.05, 0) is 135 Å². The van der Waals surface area contributed by atoms with E-state index >= 15 is 0 Å². The minimum absolute atomic E-state index is 0.00517. The predicted octanol–water partition coefficient (Wildman–Crippen LogP) is 14.3. The summed E-state index contributed by atoms with van der Waals surface area (Å²) in [5.74, 6) is 0.940. The molecular formula is C64H60N4O8. The molecular weight excluding hydrogens is 953 g/mol. The number of fused-ring (bicyclic) bond motifs is 4. The van der Waals surface area contributed by atoms with Gasteiger partial charge in [0.05, 0.1) is 45.0 Å². The second-order valence-electron chi connectivity index (χ2n) is 19.4. The van der Waals surface area contributed by atoms with Crippen LogP contribution < -0.4 is 41.9 Å². The summed E-state index contributed by atoms with van der Waals surface area (Å²) < 4.78 is 25.1. The van der Waals surface area contributed by atoms with Crippen molar-refractivity contribution in [2.75, 3.05) is 22.9 Å². The summed E-state index contributed by atoms with van der Waals surface area (Å²) in [4.78, 5) is 54.2. The molecule has 0 unspecified atom stereocenters. The average Bonchev–Trinajstić information content (AvgIpc) is 3.46. The molecule has 12 heteroatoms. The van der Waals surface area contributed by atoms with Gasteiger partial charge in [0.15, 0.2) is 46.1 Å². The third kappa shape index (κ3) is 10.2. The Hall–Kier alpha value is -9.16. The molecule has 8 aromatic carbocycles. The number of hydrogen-bond acceptors (Lipinski definition) is 12. The Morgan fingerprint density at radius 1 is 0.342 bits per heavy atom. The molecule has 76 heavy (non-hydrogen) atoms. The van der Waals surface area contributed by atoms with Crippen LogP contribution in [-0.4, -0.2) is 23.1 Å². The molecule has 2 aliphatic rings. The smallest absolute Gasteiger partial charge is 0.196 e.